The third-order valence-corrected chi connectivity index (χ3v) is 4.39. The lowest BCUT2D eigenvalue weighted by Gasteiger charge is -2.39. The minimum Gasteiger partial charge on any atom is -0.396 e. The van der Waals surface area contributed by atoms with Crippen LogP contribution < -0.4 is 5.32 Å². The van der Waals surface area contributed by atoms with Crippen molar-refractivity contribution in [3.63, 3.8) is 0 Å². The fourth-order valence-corrected chi connectivity index (χ4v) is 3.49. The molecule has 1 heterocycles. The first kappa shape index (κ1) is 14.5. The molecule has 108 valence electrons. The maximum atomic E-state index is 9.87. The summed E-state index contributed by atoms with van der Waals surface area (Å²) in [6.45, 7) is 5.45. The van der Waals surface area contributed by atoms with Crippen LogP contribution in [-0.4, -0.2) is 32.7 Å². The Hall–Kier alpha value is -0.940. The summed E-state index contributed by atoms with van der Waals surface area (Å²) in [6.07, 6.45) is 6.51. The second-order valence-electron chi connectivity index (χ2n) is 6.16. The lowest BCUT2D eigenvalue weighted by molar-refractivity contribution is 0.0648. The van der Waals surface area contributed by atoms with Gasteiger partial charge in [-0.15, -0.1) is 0 Å². The second kappa shape index (κ2) is 6.01. The molecule has 1 unspecified atom stereocenters. The summed E-state index contributed by atoms with van der Waals surface area (Å²) in [7, 11) is 1.83. The van der Waals surface area contributed by atoms with Crippen molar-refractivity contribution >= 4 is 0 Å². The van der Waals surface area contributed by atoms with Gasteiger partial charge < -0.3 is 10.4 Å². The molecule has 19 heavy (non-hydrogen) atoms. The quantitative estimate of drug-likeness (QED) is 0.818. The van der Waals surface area contributed by atoms with Gasteiger partial charge in [0.15, 0.2) is 0 Å². The Morgan fingerprint density at radius 1 is 1.42 bits per heavy atom. The predicted octanol–water partition coefficient (Wildman–Crippen LogP) is 1.48. The molecule has 5 nitrogen and oxygen atoms in total. The Bertz CT molecular complexity index is 396. The highest BCUT2D eigenvalue weighted by molar-refractivity contribution is 4.98. The van der Waals surface area contributed by atoms with E-state index in [1.165, 1.54) is 12.8 Å². The van der Waals surface area contributed by atoms with E-state index in [1.54, 1.807) is 11.0 Å². The van der Waals surface area contributed by atoms with Gasteiger partial charge in [0.25, 0.3) is 0 Å². The summed E-state index contributed by atoms with van der Waals surface area (Å²) in [5.41, 5.74) is 1.01. The average molecular weight is 266 g/mol. The molecule has 0 saturated heterocycles. The first-order valence-corrected chi connectivity index (χ1v) is 7.27. The minimum atomic E-state index is 0.0520. The monoisotopic (exact) mass is 266 g/mol. The van der Waals surface area contributed by atoms with Crippen molar-refractivity contribution in [1.29, 1.82) is 0 Å². The molecule has 1 aromatic heterocycles. The van der Waals surface area contributed by atoms with Gasteiger partial charge >= 0.3 is 0 Å². The van der Waals surface area contributed by atoms with Crippen molar-refractivity contribution < 1.29 is 5.11 Å². The summed E-state index contributed by atoms with van der Waals surface area (Å²) < 4.78 is 0. The van der Waals surface area contributed by atoms with Crippen LogP contribution in [0, 0.1) is 11.3 Å². The fourth-order valence-electron chi connectivity index (χ4n) is 3.49. The molecule has 0 bridgehead atoms. The van der Waals surface area contributed by atoms with E-state index < -0.39 is 0 Å². The Labute approximate surface area is 115 Å². The molecule has 1 aliphatic rings. The summed E-state index contributed by atoms with van der Waals surface area (Å²) in [5.74, 6) is 0.502. The summed E-state index contributed by atoms with van der Waals surface area (Å²) in [6, 6.07) is 0.335. The standard InChI is InChI=1S/C14H26N4O/c1-11(2)13(14(10-19)6-4-5-7-14)15-8-12-9-16-18(3)17-12/h9,11,13,15,19H,4-8,10H2,1-3H3. The Morgan fingerprint density at radius 2 is 2.11 bits per heavy atom. The van der Waals surface area contributed by atoms with Gasteiger partial charge in [0.2, 0.25) is 0 Å². The van der Waals surface area contributed by atoms with Gasteiger partial charge in [0.1, 0.15) is 0 Å². The summed E-state index contributed by atoms with van der Waals surface area (Å²) >= 11 is 0. The van der Waals surface area contributed by atoms with Crippen molar-refractivity contribution in [2.45, 2.75) is 52.1 Å². The van der Waals surface area contributed by atoms with Gasteiger partial charge in [-0.1, -0.05) is 26.7 Å². The highest BCUT2D eigenvalue weighted by Gasteiger charge is 2.41. The van der Waals surface area contributed by atoms with Crippen LogP contribution in [0.1, 0.15) is 45.2 Å². The first-order chi connectivity index (χ1) is 9.07. The van der Waals surface area contributed by atoms with Gasteiger partial charge in [0.05, 0.1) is 18.5 Å². The molecule has 1 aromatic rings. The predicted molar refractivity (Wildman–Crippen MR) is 74.5 cm³/mol. The zero-order chi connectivity index (χ0) is 13.9. The van der Waals surface area contributed by atoms with E-state index >= 15 is 0 Å². The highest BCUT2D eigenvalue weighted by atomic mass is 16.3. The number of hydrogen-bond acceptors (Lipinski definition) is 4. The molecule has 0 amide bonds. The van der Waals surface area contributed by atoms with Crippen molar-refractivity contribution in [3.8, 4) is 0 Å². The molecule has 5 heteroatoms. The van der Waals surface area contributed by atoms with Crippen LogP contribution in [0.4, 0.5) is 0 Å². The van der Waals surface area contributed by atoms with Crippen molar-refractivity contribution in [3.05, 3.63) is 11.9 Å². The minimum absolute atomic E-state index is 0.0520. The smallest absolute Gasteiger partial charge is 0.0964 e. The number of aromatic nitrogens is 3. The number of rotatable bonds is 6. The number of aliphatic hydroxyl groups excluding tert-OH is 1. The number of nitrogens with one attached hydrogen (secondary N) is 1. The summed E-state index contributed by atoms with van der Waals surface area (Å²) in [4.78, 5) is 1.58. The van der Waals surface area contributed by atoms with Crippen LogP contribution in [0.15, 0.2) is 6.20 Å². The third-order valence-electron chi connectivity index (χ3n) is 4.39. The molecule has 1 fully saturated rings. The largest absolute Gasteiger partial charge is 0.396 e. The molecule has 1 atom stereocenters. The van der Waals surface area contributed by atoms with Crippen molar-refractivity contribution in [1.82, 2.24) is 20.3 Å². The Balaban J connectivity index is 2.03. The van der Waals surface area contributed by atoms with E-state index in [0.717, 1.165) is 25.1 Å². The molecule has 0 aliphatic heterocycles. The molecule has 1 aliphatic carbocycles. The molecule has 2 N–H and O–H groups in total. The van der Waals surface area contributed by atoms with Gasteiger partial charge in [-0.3, -0.25) is 0 Å². The first-order valence-electron chi connectivity index (χ1n) is 7.27. The normalized spacial score (nSPS) is 20.1. The van der Waals surface area contributed by atoms with E-state index in [9.17, 15) is 5.11 Å². The van der Waals surface area contributed by atoms with Gasteiger partial charge in [-0.2, -0.15) is 15.0 Å². The molecular weight excluding hydrogens is 240 g/mol. The fraction of sp³-hybridized carbons (Fsp3) is 0.857. The molecule has 1 saturated carbocycles. The number of nitrogens with zero attached hydrogens (tertiary/aromatic N) is 3. The van der Waals surface area contributed by atoms with Gasteiger partial charge in [-0.05, 0) is 18.8 Å². The zero-order valence-electron chi connectivity index (χ0n) is 12.3. The van der Waals surface area contributed by atoms with E-state index in [1.807, 2.05) is 7.05 Å². The highest BCUT2D eigenvalue weighted by Crippen LogP contribution is 2.42. The average Bonchev–Trinajstić information content (AvgIpc) is 2.99. The van der Waals surface area contributed by atoms with Crippen LogP contribution in [0.3, 0.4) is 0 Å². The van der Waals surface area contributed by atoms with E-state index in [0.29, 0.717) is 12.0 Å². The molecular formula is C14H26N4O. The number of aliphatic hydroxyl groups is 1. The lowest BCUT2D eigenvalue weighted by atomic mass is 9.74. The van der Waals surface area contributed by atoms with E-state index in [2.05, 4.69) is 29.4 Å². The summed E-state index contributed by atoms with van der Waals surface area (Å²) in [5, 5.41) is 21.9. The SMILES string of the molecule is CC(C)C(NCc1cnn(C)n1)C1(CO)CCCC1. The van der Waals surface area contributed by atoms with Gasteiger partial charge in [-0.25, -0.2) is 0 Å². The Kier molecular flexibility index (Phi) is 4.58. The Morgan fingerprint density at radius 3 is 2.58 bits per heavy atom. The molecule has 0 radical (unpaired) electrons. The van der Waals surface area contributed by atoms with Crippen LogP contribution in [0.5, 0.6) is 0 Å². The molecule has 2 rings (SSSR count). The number of hydrogen-bond donors (Lipinski definition) is 2. The molecule has 0 aromatic carbocycles. The zero-order valence-corrected chi connectivity index (χ0v) is 12.3. The third kappa shape index (κ3) is 3.15. The van der Waals surface area contributed by atoms with Crippen LogP contribution >= 0.6 is 0 Å². The second-order valence-corrected chi connectivity index (χ2v) is 6.16. The van der Waals surface area contributed by atoms with Crippen molar-refractivity contribution in [2.75, 3.05) is 6.61 Å². The van der Waals surface area contributed by atoms with Crippen LogP contribution in [0.2, 0.25) is 0 Å². The molecule has 0 spiro atoms. The van der Waals surface area contributed by atoms with Gasteiger partial charge in [0, 0.05) is 25.0 Å². The number of aryl methyl sites for hydroxylation is 1. The van der Waals surface area contributed by atoms with Crippen LogP contribution in [0.25, 0.3) is 0 Å². The lowest BCUT2D eigenvalue weighted by Crippen LogP contribution is -2.49. The topological polar surface area (TPSA) is 63.0 Å². The van der Waals surface area contributed by atoms with E-state index in [-0.39, 0.29) is 12.0 Å². The van der Waals surface area contributed by atoms with Crippen LogP contribution in [-0.2, 0) is 13.6 Å². The van der Waals surface area contributed by atoms with E-state index in [4.69, 9.17) is 0 Å². The maximum Gasteiger partial charge on any atom is 0.0964 e. The van der Waals surface area contributed by atoms with Crippen molar-refractivity contribution in [2.24, 2.45) is 18.4 Å². The maximum absolute atomic E-state index is 9.87.